The Morgan fingerprint density at radius 1 is 1.26 bits per heavy atom. The van der Waals surface area contributed by atoms with Gasteiger partial charge in [-0.25, -0.2) is 9.18 Å². The molecule has 1 aliphatic carbocycles. The molecule has 1 aliphatic rings. The summed E-state index contributed by atoms with van der Waals surface area (Å²) in [7, 11) is 0. The Morgan fingerprint density at radius 2 is 1.95 bits per heavy atom. The minimum atomic E-state index is -0.260. The zero-order valence-electron chi connectivity index (χ0n) is 11.3. The smallest absolute Gasteiger partial charge is 0.315 e. The van der Waals surface area contributed by atoms with Crippen LogP contribution in [0.25, 0.3) is 0 Å². The second kappa shape index (κ2) is 6.55. The first-order valence-corrected chi connectivity index (χ1v) is 6.94. The molecule has 2 N–H and O–H groups in total. The van der Waals surface area contributed by atoms with Crippen LogP contribution in [0.2, 0.25) is 0 Å². The zero-order valence-corrected chi connectivity index (χ0v) is 11.3. The maximum absolute atomic E-state index is 12.7. The summed E-state index contributed by atoms with van der Waals surface area (Å²) in [6.45, 7) is 2.61. The van der Waals surface area contributed by atoms with E-state index in [0.29, 0.717) is 12.5 Å². The van der Waals surface area contributed by atoms with E-state index >= 15 is 0 Å². The van der Waals surface area contributed by atoms with Crippen molar-refractivity contribution in [2.45, 2.75) is 45.2 Å². The van der Waals surface area contributed by atoms with Crippen LogP contribution in [0.1, 0.15) is 38.2 Å². The molecule has 1 aromatic rings. The molecule has 0 saturated heterocycles. The Morgan fingerprint density at radius 3 is 2.63 bits per heavy atom. The molecule has 1 fully saturated rings. The third-order valence-corrected chi connectivity index (χ3v) is 3.79. The lowest BCUT2D eigenvalue weighted by Crippen LogP contribution is -2.45. The molecule has 0 heterocycles. The molecule has 2 atom stereocenters. The third-order valence-electron chi connectivity index (χ3n) is 3.79. The van der Waals surface area contributed by atoms with Crippen molar-refractivity contribution in [1.82, 2.24) is 10.6 Å². The van der Waals surface area contributed by atoms with Crippen LogP contribution in [-0.4, -0.2) is 12.1 Å². The monoisotopic (exact) mass is 264 g/mol. The predicted molar refractivity (Wildman–Crippen MR) is 73.2 cm³/mol. The number of carbonyl (C=O) groups is 1. The summed E-state index contributed by atoms with van der Waals surface area (Å²) in [5.41, 5.74) is 0.897. The summed E-state index contributed by atoms with van der Waals surface area (Å²) in [4.78, 5) is 11.8. The van der Waals surface area contributed by atoms with Crippen LogP contribution in [-0.2, 0) is 6.54 Å². The van der Waals surface area contributed by atoms with E-state index in [-0.39, 0.29) is 17.9 Å². The molecule has 1 saturated carbocycles. The van der Waals surface area contributed by atoms with E-state index < -0.39 is 0 Å². The van der Waals surface area contributed by atoms with Gasteiger partial charge in [0.25, 0.3) is 0 Å². The molecule has 0 aliphatic heterocycles. The van der Waals surface area contributed by atoms with E-state index in [1.165, 1.54) is 31.4 Å². The molecule has 3 nitrogen and oxygen atoms in total. The third kappa shape index (κ3) is 4.23. The van der Waals surface area contributed by atoms with Gasteiger partial charge in [-0.1, -0.05) is 31.9 Å². The predicted octanol–water partition coefficient (Wildman–Crippen LogP) is 3.20. The number of halogens is 1. The Bertz CT molecular complexity index is 419. The Hall–Kier alpha value is -1.58. The fourth-order valence-corrected chi connectivity index (χ4v) is 2.53. The average Bonchev–Trinajstić information content (AvgIpc) is 2.41. The van der Waals surface area contributed by atoms with Crippen LogP contribution in [0.5, 0.6) is 0 Å². The molecule has 2 amide bonds. The minimum absolute atomic E-state index is 0.136. The largest absolute Gasteiger partial charge is 0.335 e. The van der Waals surface area contributed by atoms with Crippen molar-refractivity contribution in [3.63, 3.8) is 0 Å². The van der Waals surface area contributed by atoms with Gasteiger partial charge in [0.05, 0.1) is 0 Å². The average molecular weight is 264 g/mol. The van der Waals surface area contributed by atoms with Gasteiger partial charge in [-0.15, -0.1) is 0 Å². The van der Waals surface area contributed by atoms with Crippen LogP contribution in [0, 0.1) is 11.7 Å². The highest BCUT2D eigenvalue weighted by Crippen LogP contribution is 2.23. The minimum Gasteiger partial charge on any atom is -0.335 e. The van der Waals surface area contributed by atoms with Gasteiger partial charge in [0.15, 0.2) is 0 Å². The van der Waals surface area contributed by atoms with Crippen molar-refractivity contribution in [2.24, 2.45) is 5.92 Å². The lowest BCUT2D eigenvalue weighted by Gasteiger charge is -2.29. The summed E-state index contributed by atoms with van der Waals surface area (Å²) >= 11 is 0. The number of hydrogen-bond donors (Lipinski definition) is 2. The van der Waals surface area contributed by atoms with Crippen LogP contribution in [0.3, 0.4) is 0 Å². The number of nitrogens with one attached hydrogen (secondary N) is 2. The number of benzene rings is 1. The summed E-state index contributed by atoms with van der Waals surface area (Å²) in [5, 5.41) is 5.84. The van der Waals surface area contributed by atoms with Gasteiger partial charge in [-0.3, -0.25) is 0 Å². The summed E-state index contributed by atoms with van der Waals surface area (Å²) in [6, 6.07) is 6.30. The highest BCUT2D eigenvalue weighted by atomic mass is 19.1. The summed E-state index contributed by atoms with van der Waals surface area (Å²) in [5.74, 6) is 0.287. The van der Waals surface area contributed by atoms with Crippen LogP contribution >= 0.6 is 0 Å². The number of rotatable bonds is 3. The molecule has 0 bridgehead atoms. The van der Waals surface area contributed by atoms with E-state index in [1.807, 2.05) is 0 Å². The van der Waals surface area contributed by atoms with Gasteiger partial charge in [-0.05, 0) is 36.5 Å². The quantitative estimate of drug-likeness (QED) is 0.864. The van der Waals surface area contributed by atoms with Crippen LogP contribution < -0.4 is 10.6 Å². The lowest BCUT2D eigenvalue weighted by atomic mass is 9.86. The molecule has 0 aromatic heterocycles. The SMILES string of the molecule is C[C@@H]1CCCC[C@@H]1NC(=O)NCc1ccc(F)cc1. The highest BCUT2D eigenvalue weighted by molar-refractivity contribution is 5.74. The Kier molecular flexibility index (Phi) is 4.77. The first-order valence-electron chi connectivity index (χ1n) is 6.94. The molecular weight excluding hydrogens is 243 g/mol. The van der Waals surface area contributed by atoms with E-state index in [0.717, 1.165) is 12.0 Å². The van der Waals surface area contributed by atoms with E-state index in [1.54, 1.807) is 12.1 Å². The van der Waals surface area contributed by atoms with Crippen molar-refractivity contribution in [3.05, 3.63) is 35.6 Å². The number of urea groups is 1. The number of hydrogen-bond acceptors (Lipinski definition) is 1. The molecule has 4 heteroatoms. The summed E-state index contributed by atoms with van der Waals surface area (Å²) < 4.78 is 12.7. The van der Waals surface area contributed by atoms with Crippen molar-refractivity contribution in [1.29, 1.82) is 0 Å². The fraction of sp³-hybridized carbons (Fsp3) is 0.533. The van der Waals surface area contributed by atoms with Gasteiger partial charge in [0.2, 0.25) is 0 Å². The van der Waals surface area contributed by atoms with Crippen molar-refractivity contribution in [2.75, 3.05) is 0 Å². The maximum Gasteiger partial charge on any atom is 0.315 e. The van der Waals surface area contributed by atoms with Gasteiger partial charge in [0.1, 0.15) is 5.82 Å². The second-order valence-corrected chi connectivity index (χ2v) is 5.32. The molecular formula is C15H21FN2O. The van der Waals surface area contributed by atoms with Crippen molar-refractivity contribution in [3.8, 4) is 0 Å². The zero-order chi connectivity index (χ0) is 13.7. The highest BCUT2D eigenvalue weighted by Gasteiger charge is 2.22. The first kappa shape index (κ1) is 13.8. The Balaban J connectivity index is 1.76. The maximum atomic E-state index is 12.7. The molecule has 0 spiro atoms. The van der Waals surface area contributed by atoms with Crippen molar-refractivity contribution >= 4 is 6.03 Å². The van der Waals surface area contributed by atoms with Crippen LogP contribution in [0.15, 0.2) is 24.3 Å². The van der Waals surface area contributed by atoms with Gasteiger partial charge in [0, 0.05) is 12.6 Å². The van der Waals surface area contributed by atoms with E-state index in [9.17, 15) is 9.18 Å². The molecule has 0 radical (unpaired) electrons. The molecule has 1 aromatic carbocycles. The van der Waals surface area contributed by atoms with E-state index in [2.05, 4.69) is 17.6 Å². The van der Waals surface area contributed by atoms with Crippen LogP contribution in [0.4, 0.5) is 9.18 Å². The Labute approximate surface area is 113 Å². The fourth-order valence-electron chi connectivity index (χ4n) is 2.53. The second-order valence-electron chi connectivity index (χ2n) is 5.32. The van der Waals surface area contributed by atoms with Gasteiger partial charge in [-0.2, -0.15) is 0 Å². The number of amides is 2. The number of carbonyl (C=O) groups excluding carboxylic acids is 1. The van der Waals surface area contributed by atoms with Gasteiger partial charge >= 0.3 is 6.03 Å². The normalized spacial score (nSPS) is 22.8. The molecule has 19 heavy (non-hydrogen) atoms. The van der Waals surface area contributed by atoms with E-state index in [4.69, 9.17) is 0 Å². The molecule has 2 rings (SSSR count). The molecule has 0 unspecified atom stereocenters. The van der Waals surface area contributed by atoms with Gasteiger partial charge < -0.3 is 10.6 Å². The standard InChI is InChI=1S/C15H21FN2O/c1-11-4-2-3-5-14(11)18-15(19)17-10-12-6-8-13(16)9-7-12/h6-9,11,14H,2-5,10H2,1H3,(H2,17,18,19)/t11-,14+/m1/s1. The van der Waals surface area contributed by atoms with Crippen molar-refractivity contribution < 1.29 is 9.18 Å². The topological polar surface area (TPSA) is 41.1 Å². The molecule has 104 valence electrons. The first-order chi connectivity index (χ1) is 9.15. The lowest BCUT2D eigenvalue weighted by molar-refractivity contribution is 0.221. The summed E-state index contributed by atoms with van der Waals surface area (Å²) in [6.07, 6.45) is 4.69.